The number of rotatable bonds is 3. The van der Waals surface area contributed by atoms with Crippen molar-refractivity contribution in [3.63, 3.8) is 0 Å². The van der Waals surface area contributed by atoms with Crippen LogP contribution in [0.3, 0.4) is 0 Å². The van der Waals surface area contributed by atoms with Gasteiger partial charge in [-0.2, -0.15) is 0 Å². The first kappa shape index (κ1) is 15.9. The summed E-state index contributed by atoms with van der Waals surface area (Å²) < 4.78 is 0. The number of carbonyl (C=O) groups excluding carboxylic acids is 1. The maximum atomic E-state index is 10.8. The Morgan fingerprint density at radius 3 is 2.26 bits per heavy atom. The van der Waals surface area contributed by atoms with Crippen molar-refractivity contribution in [2.24, 2.45) is 0 Å². The smallest absolute Gasteiger partial charge is 0.545 e. The van der Waals surface area contributed by atoms with Gasteiger partial charge in [0.05, 0.1) is 16.5 Å². The van der Waals surface area contributed by atoms with E-state index in [1.807, 2.05) is 0 Å². The van der Waals surface area contributed by atoms with Gasteiger partial charge in [0, 0.05) is 18.5 Å². The van der Waals surface area contributed by atoms with E-state index in [1.165, 1.54) is 18.2 Å². The fourth-order valence-corrected chi connectivity index (χ4v) is 1.58. The Labute approximate surface area is 151 Å². The molecular weight excluding hydrogens is 275 g/mol. The average molecular weight is 282 g/mol. The first-order chi connectivity index (χ1) is 8.59. The molecule has 19 heavy (non-hydrogen) atoms. The van der Waals surface area contributed by atoms with Crippen LogP contribution in [-0.4, -0.2) is 15.9 Å². The molecule has 0 aliphatic carbocycles. The van der Waals surface area contributed by atoms with Crippen LogP contribution in [0.15, 0.2) is 42.7 Å². The van der Waals surface area contributed by atoms with Crippen LogP contribution >= 0.6 is 0 Å². The van der Waals surface area contributed by atoms with Crippen LogP contribution in [0.4, 0.5) is 5.69 Å². The molecule has 0 fully saturated rings. The maximum absolute atomic E-state index is 10.8. The minimum Gasteiger partial charge on any atom is -0.545 e. The van der Waals surface area contributed by atoms with Gasteiger partial charge in [-0.1, -0.05) is 6.07 Å². The molecule has 2 aromatic rings. The number of aromatic nitrogens is 1. The first-order valence-corrected chi connectivity index (χ1v) is 5.00. The normalized spacial score (nSPS) is 9.47. The molecular formula is C12H7KN2O4. The summed E-state index contributed by atoms with van der Waals surface area (Å²) in [6.45, 7) is 0. The molecule has 0 amide bonds. The Balaban J connectivity index is 0.00000180. The summed E-state index contributed by atoms with van der Waals surface area (Å²) in [5, 5.41) is 21.6. The van der Waals surface area contributed by atoms with Crippen LogP contribution in [0.25, 0.3) is 11.1 Å². The number of carboxylic acids is 1. The predicted molar refractivity (Wildman–Crippen MR) is 60.7 cm³/mol. The molecule has 7 heteroatoms. The molecule has 2 rings (SSSR count). The summed E-state index contributed by atoms with van der Waals surface area (Å²) in [6, 6.07) is 7.23. The number of benzene rings is 1. The summed E-state index contributed by atoms with van der Waals surface area (Å²) in [7, 11) is 0. The van der Waals surface area contributed by atoms with E-state index in [2.05, 4.69) is 4.98 Å². The van der Waals surface area contributed by atoms with E-state index in [1.54, 1.807) is 24.5 Å². The molecule has 6 nitrogen and oxygen atoms in total. The molecule has 0 atom stereocenters. The first-order valence-electron chi connectivity index (χ1n) is 5.00. The van der Waals surface area contributed by atoms with Crippen molar-refractivity contribution in [3.05, 3.63) is 58.4 Å². The second-order valence-corrected chi connectivity index (χ2v) is 3.51. The van der Waals surface area contributed by atoms with Crippen molar-refractivity contribution in [1.29, 1.82) is 0 Å². The molecule has 1 heterocycles. The Kier molecular flexibility index (Phi) is 5.76. The fraction of sp³-hybridized carbons (Fsp3) is 0. The van der Waals surface area contributed by atoms with E-state index in [4.69, 9.17) is 0 Å². The number of carboxylic acid groups (broad SMARTS) is 1. The Hall–Kier alpha value is -1.12. The zero-order valence-corrected chi connectivity index (χ0v) is 13.2. The molecule has 0 bridgehead atoms. The molecule has 0 radical (unpaired) electrons. The van der Waals surface area contributed by atoms with Gasteiger partial charge in [0.2, 0.25) is 0 Å². The number of nitrogens with zero attached hydrogens (tertiary/aromatic N) is 2. The van der Waals surface area contributed by atoms with Gasteiger partial charge in [-0.05, 0) is 29.3 Å². The van der Waals surface area contributed by atoms with Gasteiger partial charge < -0.3 is 9.90 Å². The second kappa shape index (κ2) is 6.87. The quantitative estimate of drug-likeness (QED) is 0.369. The van der Waals surface area contributed by atoms with Gasteiger partial charge in [0.25, 0.3) is 5.69 Å². The molecule has 0 aliphatic heterocycles. The third kappa shape index (κ3) is 3.68. The van der Waals surface area contributed by atoms with E-state index >= 15 is 0 Å². The number of hydrogen-bond acceptors (Lipinski definition) is 5. The molecule has 0 saturated carbocycles. The number of nitro groups is 1. The van der Waals surface area contributed by atoms with Crippen molar-refractivity contribution < 1.29 is 66.2 Å². The second-order valence-electron chi connectivity index (χ2n) is 3.51. The Bertz CT molecular complexity index is 616. The molecule has 0 N–H and O–H groups in total. The number of nitro benzene ring substituents is 1. The number of pyridine rings is 1. The zero-order valence-electron chi connectivity index (χ0n) is 10.1. The molecule has 1 aromatic heterocycles. The largest absolute Gasteiger partial charge is 1.00 e. The number of aromatic carboxylic acids is 1. The topological polar surface area (TPSA) is 96.2 Å². The SMILES string of the molecule is O=C([O-])c1ccc(-c2ccncc2)cc1[N+](=O)[O-].[K+]. The van der Waals surface area contributed by atoms with Crippen LogP contribution in [0.1, 0.15) is 10.4 Å². The standard InChI is InChI=1S/C12H8N2O4.K/c15-12(16)10-2-1-9(7-11(10)14(17)18)8-3-5-13-6-4-8;/h1-7H,(H,15,16);/q;+1/p-1. The van der Waals surface area contributed by atoms with E-state index in [0.29, 0.717) is 5.56 Å². The number of hydrogen-bond donors (Lipinski definition) is 0. The molecule has 0 saturated heterocycles. The van der Waals surface area contributed by atoms with Gasteiger partial charge in [-0.3, -0.25) is 15.1 Å². The minimum atomic E-state index is -1.57. The van der Waals surface area contributed by atoms with Gasteiger partial charge in [-0.15, -0.1) is 0 Å². The number of carbonyl (C=O) groups is 1. The van der Waals surface area contributed by atoms with Crippen LogP contribution < -0.4 is 56.5 Å². The third-order valence-corrected chi connectivity index (χ3v) is 2.43. The minimum absolute atomic E-state index is 0. The molecule has 90 valence electrons. The van der Waals surface area contributed by atoms with Crippen molar-refractivity contribution in [2.45, 2.75) is 0 Å². The Morgan fingerprint density at radius 2 is 1.74 bits per heavy atom. The van der Waals surface area contributed by atoms with Crippen LogP contribution in [-0.2, 0) is 0 Å². The average Bonchev–Trinajstić information content (AvgIpc) is 2.39. The summed E-state index contributed by atoms with van der Waals surface area (Å²) in [4.78, 5) is 24.7. The summed E-state index contributed by atoms with van der Waals surface area (Å²) in [6.07, 6.45) is 3.10. The van der Waals surface area contributed by atoms with Crippen LogP contribution in [0.2, 0.25) is 0 Å². The van der Waals surface area contributed by atoms with Crippen LogP contribution in [0, 0.1) is 10.1 Å². The molecule has 1 aromatic carbocycles. The van der Waals surface area contributed by atoms with Crippen molar-refractivity contribution in [3.8, 4) is 11.1 Å². The monoisotopic (exact) mass is 282 g/mol. The van der Waals surface area contributed by atoms with Gasteiger partial charge in [0.15, 0.2) is 0 Å². The molecule has 0 unspecified atom stereocenters. The fourth-order valence-electron chi connectivity index (χ4n) is 1.58. The predicted octanol–water partition coefficient (Wildman–Crippen LogP) is -1.98. The van der Waals surface area contributed by atoms with E-state index < -0.39 is 22.1 Å². The summed E-state index contributed by atoms with van der Waals surface area (Å²) in [5.41, 5.74) is 0.356. The van der Waals surface area contributed by atoms with E-state index in [0.717, 1.165) is 5.56 Å². The van der Waals surface area contributed by atoms with E-state index in [-0.39, 0.29) is 51.4 Å². The molecule has 0 spiro atoms. The van der Waals surface area contributed by atoms with Gasteiger partial charge >= 0.3 is 51.4 Å². The van der Waals surface area contributed by atoms with Crippen molar-refractivity contribution >= 4 is 11.7 Å². The summed E-state index contributed by atoms with van der Waals surface area (Å²) in [5.74, 6) is -1.57. The van der Waals surface area contributed by atoms with E-state index in [9.17, 15) is 20.0 Å². The van der Waals surface area contributed by atoms with Gasteiger partial charge in [-0.25, -0.2) is 0 Å². The van der Waals surface area contributed by atoms with Crippen molar-refractivity contribution in [2.75, 3.05) is 0 Å². The maximum Gasteiger partial charge on any atom is 1.00 e. The zero-order chi connectivity index (χ0) is 13.1. The van der Waals surface area contributed by atoms with Gasteiger partial charge in [0.1, 0.15) is 0 Å². The third-order valence-electron chi connectivity index (χ3n) is 2.43. The molecule has 0 aliphatic rings. The Morgan fingerprint density at radius 1 is 1.11 bits per heavy atom. The van der Waals surface area contributed by atoms with Crippen molar-refractivity contribution in [1.82, 2.24) is 4.98 Å². The van der Waals surface area contributed by atoms with Crippen LogP contribution in [0.5, 0.6) is 0 Å². The summed E-state index contributed by atoms with van der Waals surface area (Å²) >= 11 is 0.